The highest BCUT2D eigenvalue weighted by atomic mass is 35.5. The van der Waals surface area contributed by atoms with Gasteiger partial charge in [-0.25, -0.2) is 4.68 Å². The third-order valence-corrected chi connectivity index (χ3v) is 5.86. The smallest absolute Gasteiger partial charge is 0.253 e. The number of carbonyl (C=O) groups excluding carboxylic acids is 2. The Balaban J connectivity index is 1.37. The molecule has 0 atom stereocenters. The molecule has 150 valence electrons. The van der Waals surface area contributed by atoms with E-state index in [0.29, 0.717) is 47.7 Å². The zero-order valence-electron chi connectivity index (χ0n) is 16.4. The maximum atomic E-state index is 12.8. The Morgan fingerprint density at radius 1 is 1.14 bits per heavy atom. The monoisotopic (exact) mass is 411 g/mol. The van der Waals surface area contributed by atoms with E-state index in [1.54, 1.807) is 27.8 Å². The first-order chi connectivity index (χ1) is 13.9. The molecule has 1 aliphatic heterocycles. The molecule has 1 aliphatic rings. The van der Waals surface area contributed by atoms with E-state index in [2.05, 4.69) is 15.6 Å². The van der Waals surface area contributed by atoms with Crippen LogP contribution in [0, 0.1) is 12.8 Å². The van der Waals surface area contributed by atoms with Crippen molar-refractivity contribution < 1.29 is 9.59 Å². The van der Waals surface area contributed by atoms with Crippen LogP contribution in [0.25, 0.3) is 11.0 Å². The molecule has 0 bridgehead atoms. The van der Waals surface area contributed by atoms with Crippen molar-refractivity contribution in [1.29, 1.82) is 0 Å². The van der Waals surface area contributed by atoms with E-state index in [4.69, 9.17) is 11.6 Å². The number of hydrogen-bond donors (Lipinski definition) is 1. The number of halogens is 1. The second-order valence-corrected chi connectivity index (χ2v) is 7.84. The largest absolute Gasteiger partial charge is 0.339 e. The summed E-state index contributed by atoms with van der Waals surface area (Å²) >= 11 is 6.13. The van der Waals surface area contributed by atoms with Gasteiger partial charge in [-0.3, -0.25) is 9.59 Å². The van der Waals surface area contributed by atoms with Crippen molar-refractivity contribution in [2.24, 2.45) is 13.0 Å². The van der Waals surface area contributed by atoms with E-state index in [1.165, 1.54) is 0 Å². The summed E-state index contributed by atoms with van der Waals surface area (Å²) in [5, 5.41) is 11.6. The van der Waals surface area contributed by atoms with Crippen molar-refractivity contribution in [2.75, 3.05) is 18.4 Å². The molecule has 3 aromatic rings. The lowest BCUT2D eigenvalue weighted by molar-refractivity contribution is -0.121. The highest BCUT2D eigenvalue weighted by Crippen LogP contribution is 2.24. The summed E-state index contributed by atoms with van der Waals surface area (Å²) < 4.78 is 1.68. The number of nitrogens with one attached hydrogen (secondary N) is 1. The fourth-order valence-corrected chi connectivity index (χ4v) is 3.80. The topological polar surface area (TPSA) is 80.1 Å². The van der Waals surface area contributed by atoms with Crippen molar-refractivity contribution in [3.63, 3.8) is 0 Å². The standard InChI is InChI=1S/C21H22ClN5O2/c1-13-3-5-16(12-17(13)22)23-20(28)14-7-9-27(10-8-14)21(29)15-4-6-19-18(11-15)24-25-26(19)2/h3-6,11-12,14H,7-10H2,1-2H3,(H,23,28). The van der Waals surface area contributed by atoms with E-state index in [1.807, 2.05) is 32.2 Å². The summed E-state index contributed by atoms with van der Waals surface area (Å²) in [5.74, 6) is -0.193. The number of amides is 2. The third kappa shape index (κ3) is 3.96. The number of nitrogens with zero attached hydrogens (tertiary/aromatic N) is 4. The Kier molecular flexibility index (Phi) is 5.24. The maximum absolute atomic E-state index is 12.8. The second-order valence-electron chi connectivity index (χ2n) is 7.44. The van der Waals surface area contributed by atoms with Gasteiger partial charge >= 0.3 is 0 Å². The zero-order valence-corrected chi connectivity index (χ0v) is 17.1. The molecule has 29 heavy (non-hydrogen) atoms. The Labute approximate surface area is 173 Å². The van der Waals surface area contributed by atoms with Crippen LogP contribution in [0.3, 0.4) is 0 Å². The fraction of sp³-hybridized carbons (Fsp3) is 0.333. The number of benzene rings is 2. The van der Waals surface area contributed by atoms with E-state index in [0.717, 1.165) is 11.1 Å². The van der Waals surface area contributed by atoms with Crippen molar-refractivity contribution in [1.82, 2.24) is 19.9 Å². The molecule has 1 N–H and O–H groups in total. The highest BCUT2D eigenvalue weighted by molar-refractivity contribution is 6.31. The Morgan fingerprint density at radius 2 is 1.90 bits per heavy atom. The minimum Gasteiger partial charge on any atom is -0.339 e. The first kappa shape index (κ1) is 19.4. The maximum Gasteiger partial charge on any atom is 0.253 e. The number of fused-ring (bicyclic) bond motifs is 1. The van der Waals surface area contributed by atoms with Crippen LogP contribution in [-0.4, -0.2) is 44.8 Å². The molecule has 1 aromatic heterocycles. The van der Waals surface area contributed by atoms with Crippen LogP contribution in [0.15, 0.2) is 36.4 Å². The van der Waals surface area contributed by atoms with Crippen LogP contribution in [0.2, 0.25) is 5.02 Å². The molecule has 0 unspecified atom stereocenters. The first-order valence-corrected chi connectivity index (χ1v) is 9.96. The van der Waals surface area contributed by atoms with E-state index < -0.39 is 0 Å². The van der Waals surface area contributed by atoms with E-state index in [9.17, 15) is 9.59 Å². The molecule has 8 heteroatoms. The number of hydrogen-bond acceptors (Lipinski definition) is 4. The molecule has 1 fully saturated rings. The summed E-state index contributed by atoms with van der Waals surface area (Å²) in [5.41, 5.74) is 3.84. The lowest BCUT2D eigenvalue weighted by Gasteiger charge is -2.31. The molecule has 0 radical (unpaired) electrons. The van der Waals surface area contributed by atoms with Gasteiger partial charge in [0.15, 0.2) is 0 Å². The van der Waals surface area contributed by atoms with Crippen molar-refractivity contribution in [2.45, 2.75) is 19.8 Å². The zero-order chi connectivity index (χ0) is 20.5. The van der Waals surface area contributed by atoms with Crippen molar-refractivity contribution in [3.05, 3.63) is 52.5 Å². The molecule has 2 heterocycles. The van der Waals surface area contributed by atoms with Gasteiger partial charge in [-0.2, -0.15) is 0 Å². The van der Waals surface area contributed by atoms with Gasteiger partial charge in [-0.05, 0) is 55.7 Å². The third-order valence-electron chi connectivity index (χ3n) is 5.45. The van der Waals surface area contributed by atoms with Gasteiger partial charge in [0.2, 0.25) is 5.91 Å². The number of carbonyl (C=O) groups is 2. The van der Waals surface area contributed by atoms with Gasteiger partial charge < -0.3 is 10.2 Å². The normalized spacial score (nSPS) is 14.9. The van der Waals surface area contributed by atoms with Gasteiger partial charge in [-0.1, -0.05) is 22.9 Å². The summed E-state index contributed by atoms with van der Waals surface area (Å²) in [6.45, 7) is 3.01. The van der Waals surface area contributed by atoms with Gasteiger partial charge in [0.05, 0.1) is 5.52 Å². The number of piperidine rings is 1. The van der Waals surface area contributed by atoms with Gasteiger partial charge in [0.25, 0.3) is 5.91 Å². The van der Waals surface area contributed by atoms with Crippen molar-refractivity contribution in [3.8, 4) is 0 Å². The van der Waals surface area contributed by atoms with Crippen molar-refractivity contribution >= 4 is 40.1 Å². The highest BCUT2D eigenvalue weighted by Gasteiger charge is 2.28. The summed E-state index contributed by atoms with van der Waals surface area (Å²) in [7, 11) is 1.82. The van der Waals surface area contributed by atoms with Gasteiger partial charge in [-0.15, -0.1) is 5.10 Å². The fourth-order valence-electron chi connectivity index (χ4n) is 3.62. The Morgan fingerprint density at radius 3 is 2.62 bits per heavy atom. The van der Waals surface area contributed by atoms with Crippen LogP contribution in [-0.2, 0) is 11.8 Å². The molecule has 1 saturated heterocycles. The van der Waals surface area contributed by atoms with Gasteiger partial charge in [0, 0.05) is 42.3 Å². The molecular formula is C21H22ClN5O2. The predicted molar refractivity (Wildman–Crippen MR) is 112 cm³/mol. The molecule has 2 amide bonds. The Hall–Kier alpha value is -2.93. The lowest BCUT2D eigenvalue weighted by atomic mass is 9.95. The number of likely N-dealkylation sites (tertiary alicyclic amines) is 1. The lowest BCUT2D eigenvalue weighted by Crippen LogP contribution is -2.41. The predicted octanol–water partition coefficient (Wildman–Crippen LogP) is 3.42. The summed E-state index contributed by atoms with van der Waals surface area (Å²) in [6.07, 6.45) is 1.26. The molecule has 0 saturated carbocycles. The van der Waals surface area contributed by atoms with Crippen LogP contribution in [0.5, 0.6) is 0 Å². The number of aryl methyl sites for hydroxylation is 2. The average molecular weight is 412 g/mol. The molecule has 7 nitrogen and oxygen atoms in total. The Bertz CT molecular complexity index is 1090. The molecule has 4 rings (SSSR count). The first-order valence-electron chi connectivity index (χ1n) is 9.58. The number of aromatic nitrogens is 3. The second kappa shape index (κ2) is 7.83. The van der Waals surface area contributed by atoms with Crippen LogP contribution >= 0.6 is 11.6 Å². The molecular weight excluding hydrogens is 390 g/mol. The SMILES string of the molecule is Cc1ccc(NC(=O)C2CCN(C(=O)c3ccc4c(c3)nnn4C)CC2)cc1Cl. The number of anilines is 1. The molecule has 0 spiro atoms. The van der Waals surface area contributed by atoms with Crippen LogP contribution in [0.4, 0.5) is 5.69 Å². The van der Waals surface area contributed by atoms with Gasteiger partial charge in [0.1, 0.15) is 5.52 Å². The number of rotatable bonds is 3. The van der Waals surface area contributed by atoms with E-state index in [-0.39, 0.29) is 17.7 Å². The van der Waals surface area contributed by atoms with E-state index >= 15 is 0 Å². The molecule has 2 aromatic carbocycles. The average Bonchev–Trinajstić information content (AvgIpc) is 3.10. The van der Waals surface area contributed by atoms with Crippen LogP contribution < -0.4 is 5.32 Å². The quantitative estimate of drug-likeness (QED) is 0.716. The minimum atomic E-state index is -0.124. The molecule has 0 aliphatic carbocycles. The summed E-state index contributed by atoms with van der Waals surface area (Å²) in [4.78, 5) is 27.2. The van der Waals surface area contributed by atoms with Crippen LogP contribution in [0.1, 0.15) is 28.8 Å². The summed E-state index contributed by atoms with van der Waals surface area (Å²) in [6, 6.07) is 10.9. The minimum absolute atomic E-state index is 0.0296.